The lowest BCUT2D eigenvalue weighted by molar-refractivity contribution is -0.140. The van der Waals surface area contributed by atoms with Crippen LogP contribution in [0.1, 0.15) is 23.2 Å². The molecule has 5 nitrogen and oxygen atoms in total. The van der Waals surface area contributed by atoms with Crippen LogP contribution >= 0.6 is 0 Å². The number of aromatic nitrogens is 1. The van der Waals surface area contributed by atoms with E-state index >= 15 is 0 Å². The maximum Gasteiger partial charge on any atom is 0.305 e. The number of hydrogen-bond acceptors (Lipinski definition) is 3. The van der Waals surface area contributed by atoms with Crippen LogP contribution in [0.15, 0.2) is 6.20 Å². The fourth-order valence-electron chi connectivity index (χ4n) is 1.89. The van der Waals surface area contributed by atoms with Crippen molar-refractivity contribution in [2.75, 3.05) is 7.11 Å². The summed E-state index contributed by atoms with van der Waals surface area (Å²) in [6.45, 7) is 0.548. The van der Waals surface area contributed by atoms with E-state index in [1.54, 1.807) is 0 Å². The molecule has 0 radical (unpaired) electrons. The highest BCUT2D eigenvalue weighted by Crippen LogP contribution is 2.19. The summed E-state index contributed by atoms with van der Waals surface area (Å²) < 4.78 is 4.59. The molecule has 2 heterocycles. The van der Waals surface area contributed by atoms with Gasteiger partial charge < -0.3 is 15.0 Å². The number of hydrogen-bond donors (Lipinski definition) is 2. The lowest BCUT2D eigenvalue weighted by Crippen LogP contribution is -2.30. The smallest absolute Gasteiger partial charge is 0.305 e. The first-order chi connectivity index (χ1) is 7.70. The van der Waals surface area contributed by atoms with Gasteiger partial charge in [-0.15, -0.1) is 0 Å². The fourth-order valence-corrected chi connectivity index (χ4v) is 1.89. The number of methoxy groups -OCH3 is 1. The molecule has 0 aliphatic carbocycles. The van der Waals surface area contributed by atoms with Crippen LogP contribution in [0.5, 0.6) is 0 Å². The minimum absolute atomic E-state index is 0.0337. The third kappa shape index (κ3) is 2.08. The number of amides is 1. The number of esters is 1. The van der Waals surface area contributed by atoms with E-state index in [9.17, 15) is 9.59 Å². The SMILES string of the molecule is COC(=O)CCc1c[nH]c2c1CC(=O)N[13CH2]2. The summed E-state index contributed by atoms with van der Waals surface area (Å²) in [5.41, 5.74) is 3.11. The van der Waals surface area contributed by atoms with Crippen molar-refractivity contribution in [3.8, 4) is 0 Å². The van der Waals surface area contributed by atoms with Crippen LogP contribution in [0.3, 0.4) is 0 Å². The number of aromatic amines is 1. The van der Waals surface area contributed by atoms with Crippen LogP contribution < -0.4 is 5.32 Å². The van der Waals surface area contributed by atoms with Gasteiger partial charge in [-0.1, -0.05) is 0 Å². The number of nitrogens with one attached hydrogen (secondary N) is 2. The molecule has 0 fully saturated rings. The molecule has 1 amide bonds. The molecule has 0 aromatic carbocycles. The molecule has 0 saturated carbocycles. The van der Waals surface area contributed by atoms with Crippen molar-refractivity contribution in [2.24, 2.45) is 0 Å². The third-order valence-corrected chi connectivity index (χ3v) is 2.80. The molecule has 2 rings (SSSR count). The number of H-pyrrole nitrogens is 1. The molecular weight excluding hydrogens is 209 g/mol. The lowest BCUT2D eigenvalue weighted by atomic mass is 10.0. The number of aryl methyl sites for hydroxylation is 1. The molecule has 1 aliphatic heterocycles. The predicted molar refractivity (Wildman–Crippen MR) is 56.7 cm³/mol. The number of rotatable bonds is 3. The van der Waals surface area contributed by atoms with Gasteiger partial charge in [-0.25, -0.2) is 0 Å². The zero-order valence-corrected chi connectivity index (χ0v) is 9.13. The van der Waals surface area contributed by atoms with E-state index in [0.717, 1.165) is 16.8 Å². The van der Waals surface area contributed by atoms with Crippen molar-refractivity contribution in [2.45, 2.75) is 25.8 Å². The molecule has 1 aromatic rings. The van der Waals surface area contributed by atoms with Crippen LogP contribution in [-0.4, -0.2) is 24.0 Å². The Kier molecular flexibility index (Phi) is 2.94. The van der Waals surface area contributed by atoms with E-state index in [1.165, 1.54) is 7.11 Å². The molecule has 0 spiro atoms. The second kappa shape index (κ2) is 4.38. The van der Waals surface area contributed by atoms with E-state index in [1.807, 2.05) is 6.20 Å². The second-order valence-corrected chi connectivity index (χ2v) is 3.80. The normalized spacial score (nSPS) is 14.2. The van der Waals surface area contributed by atoms with E-state index in [2.05, 4.69) is 15.0 Å². The van der Waals surface area contributed by atoms with Crippen molar-refractivity contribution in [3.63, 3.8) is 0 Å². The topological polar surface area (TPSA) is 71.2 Å². The zero-order chi connectivity index (χ0) is 11.5. The molecule has 0 bridgehead atoms. The Hall–Kier alpha value is -1.78. The van der Waals surface area contributed by atoms with Gasteiger partial charge in [0, 0.05) is 18.3 Å². The minimum atomic E-state index is -0.227. The predicted octanol–water partition coefficient (Wildman–Crippen LogP) is 0.293. The van der Waals surface area contributed by atoms with E-state index in [4.69, 9.17) is 0 Å². The van der Waals surface area contributed by atoms with E-state index in [0.29, 0.717) is 25.8 Å². The number of ether oxygens (including phenoxy) is 1. The molecule has 0 unspecified atom stereocenters. The van der Waals surface area contributed by atoms with E-state index < -0.39 is 0 Å². The first-order valence-electron chi connectivity index (χ1n) is 5.22. The molecule has 0 saturated heterocycles. The van der Waals surface area contributed by atoms with Crippen LogP contribution in [0.2, 0.25) is 0 Å². The summed E-state index contributed by atoms with van der Waals surface area (Å²) in [6, 6.07) is 0. The quantitative estimate of drug-likeness (QED) is 0.571. The van der Waals surface area contributed by atoms with Crippen LogP contribution in [0.4, 0.5) is 0 Å². The number of fused-ring (bicyclic) bond motifs is 1. The number of carbonyl (C=O) groups excluding carboxylic acids is 2. The van der Waals surface area contributed by atoms with E-state index in [-0.39, 0.29) is 11.9 Å². The third-order valence-electron chi connectivity index (χ3n) is 2.80. The number of carbonyl (C=O) groups is 2. The largest absolute Gasteiger partial charge is 0.469 e. The Morgan fingerprint density at radius 2 is 2.38 bits per heavy atom. The average Bonchev–Trinajstić information content (AvgIpc) is 2.68. The maximum absolute atomic E-state index is 11.3. The first kappa shape index (κ1) is 10.7. The molecule has 2 N–H and O–H groups in total. The van der Waals surface area contributed by atoms with Gasteiger partial charge in [0.2, 0.25) is 5.91 Å². The van der Waals surface area contributed by atoms with Crippen molar-refractivity contribution < 1.29 is 14.3 Å². The molecule has 86 valence electrons. The Balaban J connectivity index is 2.08. The minimum Gasteiger partial charge on any atom is -0.469 e. The Labute approximate surface area is 93.2 Å². The summed E-state index contributed by atoms with van der Waals surface area (Å²) in [7, 11) is 1.38. The molecule has 1 aromatic heterocycles. The van der Waals surface area contributed by atoms with Gasteiger partial charge in [0.05, 0.1) is 20.1 Å². The molecule has 16 heavy (non-hydrogen) atoms. The summed E-state index contributed by atoms with van der Waals surface area (Å²) in [5, 5.41) is 2.77. The highest BCUT2D eigenvalue weighted by molar-refractivity contribution is 5.81. The monoisotopic (exact) mass is 223 g/mol. The van der Waals surface area contributed by atoms with Gasteiger partial charge >= 0.3 is 5.97 Å². The summed E-state index contributed by atoms with van der Waals surface area (Å²) in [4.78, 5) is 25.4. The summed E-state index contributed by atoms with van der Waals surface area (Å²) in [6.07, 6.45) is 3.23. The average molecular weight is 223 g/mol. The van der Waals surface area contributed by atoms with Crippen LogP contribution in [0, 0.1) is 0 Å². The van der Waals surface area contributed by atoms with Gasteiger partial charge in [-0.3, -0.25) is 9.59 Å². The van der Waals surface area contributed by atoms with Crippen LogP contribution in [0.25, 0.3) is 0 Å². The first-order valence-corrected chi connectivity index (χ1v) is 5.22. The molecule has 5 heteroatoms. The highest BCUT2D eigenvalue weighted by atomic mass is 16.5. The van der Waals surface area contributed by atoms with Gasteiger partial charge in [0.1, 0.15) is 0 Å². The van der Waals surface area contributed by atoms with Crippen LogP contribution in [-0.2, 0) is 33.7 Å². The maximum atomic E-state index is 11.3. The van der Waals surface area contributed by atoms with Gasteiger partial charge in [-0.05, 0) is 17.5 Å². The fraction of sp³-hybridized carbons (Fsp3) is 0.455. The Bertz CT molecular complexity index is 423. The summed E-state index contributed by atoms with van der Waals surface area (Å²) in [5.74, 6) is -0.193. The van der Waals surface area contributed by atoms with Gasteiger partial charge in [0.15, 0.2) is 0 Å². The van der Waals surface area contributed by atoms with Crippen molar-refractivity contribution in [1.82, 2.24) is 10.3 Å². The van der Waals surface area contributed by atoms with Crippen molar-refractivity contribution in [1.29, 1.82) is 0 Å². The van der Waals surface area contributed by atoms with Crippen molar-refractivity contribution >= 4 is 11.9 Å². The molecule has 0 atom stereocenters. The second-order valence-electron chi connectivity index (χ2n) is 3.80. The molecular formula is C11H14N2O3. The lowest BCUT2D eigenvalue weighted by Gasteiger charge is -2.13. The Morgan fingerprint density at radius 1 is 1.56 bits per heavy atom. The van der Waals surface area contributed by atoms with Crippen molar-refractivity contribution in [3.05, 3.63) is 23.0 Å². The molecule has 1 aliphatic rings. The van der Waals surface area contributed by atoms with Gasteiger partial charge in [-0.2, -0.15) is 0 Å². The summed E-state index contributed by atoms with van der Waals surface area (Å²) >= 11 is 0. The highest BCUT2D eigenvalue weighted by Gasteiger charge is 2.19. The zero-order valence-electron chi connectivity index (χ0n) is 9.13. The Morgan fingerprint density at radius 3 is 3.12 bits per heavy atom. The van der Waals surface area contributed by atoms with Gasteiger partial charge in [0.25, 0.3) is 0 Å². The standard InChI is InChI=1S/C11H14N2O3/c1-16-11(15)3-2-7-5-12-9-6-13-10(14)4-8(7)9/h5,12H,2-4,6H2,1H3,(H,13,14)/i6+1.